The zero-order valence-corrected chi connectivity index (χ0v) is 12.1. The second-order valence-corrected chi connectivity index (χ2v) is 5.80. The molecule has 19 heavy (non-hydrogen) atoms. The lowest BCUT2D eigenvalue weighted by Gasteiger charge is -2.19. The smallest absolute Gasteiger partial charge is 0.138 e. The fraction of sp³-hybridized carbons (Fsp3) is 0.353. The predicted molar refractivity (Wildman–Crippen MR) is 78.4 cm³/mol. The van der Waals surface area contributed by atoms with Crippen molar-refractivity contribution in [3.05, 3.63) is 59.9 Å². The third-order valence-electron chi connectivity index (χ3n) is 3.09. The van der Waals surface area contributed by atoms with Crippen molar-refractivity contribution in [3.8, 4) is 5.75 Å². The van der Waals surface area contributed by atoms with Gasteiger partial charge in [0.05, 0.1) is 6.20 Å². The van der Waals surface area contributed by atoms with Gasteiger partial charge in [-0.2, -0.15) is 0 Å². The molecule has 0 spiro atoms. The zero-order valence-electron chi connectivity index (χ0n) is 12.1. The Balaban J connectivity index is 2.08. The van der Waals surface area contributed by atoms with Crippen molar-refractivity contribution < 1.29 is 4.74 Å². The van der Waals surface area contributed by atoms with E-state index in [4.69, 9.17) is 4.74 Å². The average molecular weight is 255 g/mol. The number of hydrogen-bond donors (Lipinski definition) is 0. The normalized spacial score (nSPS) is 13.1. The first-order valence-corrected chi connectivity index (χ1v) is 6.65. The van der Waals surface area contributed by atoms with E-state index in [-0.39, 0.29) is 11.5 Å². The van der Waals surface area contributed by atoms with Gasteiger partial charge in [0.2, 0.25) is 0 Å². The molecule has 2 heteroatoms. The van der Waals surface area contributed by atoms with Crippen LogP contribution in [0.5, 0.6) is 5.75 Å². The lowest BCUT2D eigenvalue weighted by Crippen LogP contribution is -2.13. The van der Waals surface area contributed by atoms with Crippen molar-refractivity contribution in [2.24, 2.45) is 0 Å². The van der Waals surface area contributed by atoms with E-state index in [1.54, 1.807) is 6.20 Å². The van der Waals surface area contributed by atoms with Crippen molar-refractivity contribution in [2.45, 2.75) is 39.2 Å². The van der Waals surface area contributed by atoms with Crippen LogP contribution in [0.25, 0.3) is 0 Å². The molecule has 100 valence electrons. The Labute approximate surface area is 115 Å². The maximum atomic E-state index is 5.91. The van der Waals surface area contributed by atoms with Gasteiger partial charge in [0.25, 0.3) is 0 Å². The summed E-state index contributed by atoms with van der Waals surface area (Å²) in [6, 6.07) is 14.2. The van der Waals surface area contributed by atoms with Crippen LogP contribution in [-0.2, 0) is 5.41 Å². The molecule has 1 aromatic heterocycles. The van der Waals surface area contributed by atoms with E-state index < -0.39 is 0 Å². The molecule has 0 fully saturated rings. The highest BCUT2D eigenvalue weighted by molar-refractivity contribution is 5.25. The maximum absolute atomic E-state index is 5.91. The molecule has 0 amide bonds. The molecule has 1 aromatic carbocycles. The molecule has 2 rings (SSSR count). The van der Waals surface area contributed by atoms with Crippen LogP contribution in [0.15, 0.2) is 48.7 Å². The van der Waals surface area contributed by atoms with Crippen LogP contribution < -0.4 is 4.74 Å². The van der Waals surface area contributed by atoms with Crippen molar-refractivity contribution in [2.75, 3.05) is 0 Å². The fourth-order valence-electron chi connectivity index (χ4n) is 1.89. The first-order valence-electron chi connectivity index (χ1n) is 6.65. The summed E-state index contributed by atoms with van der Waals surface area (Å²) >= 11 is 0. The molecule has 0 aliphatic rings. The summed E-state index contributed by atoms with van der Waals surface area (Å²) < 4.78 is 5.91. The van der Waals surface area contributed by atoms with Gasteiger partial charge in [-0.15, -0.1) is 0 Å². The minimum Gasteiger partial charge on any atom is -0.484 e. The van der Waals surface area contributed by atoms with Gasteiger partial charge in [0.15, 0.2) is 0 Å². The molecule has 1 heterocycles. The highest BCUT2D eigenvalue weighted by atomic mass is 16.5. The van der Waals surface area contributed by atoms with Gasteiger partial charge < -0.3 is 4.74 Å². The van der Waals surface area contributed by atoms with E-state index in [2.05, 4.69) is 37.9 Å². The number of benzene rings is 1. The second-order valence-electron chi connectivity index (χ2n) is 5.80. The topological polar surface area (TPSA) is 22.1 Å². The quantitative estimate of drug-likeness (QED) is 0.804. The van der Waals surface area contributed by atoms with Crippen molar-refractivity contribution in [1.29, 1.82) is 0 Å². The molecule has 0 N–H and O–H groups in total. The first-order chi connectivity index (χ1) is 8.97. The number of ether oxygens (including phenoxy) is 1. The summed E-state index contributed by atoms with van der Waals surface area (Å²) in [6.07, 6.45) is 1.84. The molecule has 1 unspecified atom stereocenters. The van der Waals surface area contributed by atoms with E-state index in [1.807, 2.05) is 37.3 Å². The Hall–Kier alpha value is -1.83. The third-order valence-corrected chi connectivity index (χ3v) is 3.09. The number of rotatable bonds is 3. The Morgan fingerprint density at radius 3 is 2.21 bits per heavy atom. The third kappa shape index (κ3) is 3.57. The lowest BCUT2D eigenvalue weighted by atomic mass is 9.92. The van der Waals surface area contributed by atoms with Gasteiger partial charge in [-0.05, 0) is 24.6 Å². The SMILES string of the molecule is CC(Oc1ccc(C(C)(C)C)nc1)c1ccccc1. The van der Waals surface area contributed by atoms with Crippen molar-refractivity contribution in [1.82, 2.24) is 4.98 Å². The molecule has 0 saturated carbocycles. The molecule has 0 aliphatic heterocycles. The minimum atomic E-state index is 0.0310. The summed E-state index contributed by atoms with van der Waals surface area (Å²) in [5.74, 6) is 0.810. The second kappa shape index (κ2) is 5.43. The van der Waals surface area contributed by atoms with Crippen molar-refractivity contribution in [3.63, 3.8) is 0 Å². The van der Waals surface area contributed by atoms with Gasteiger partial charge in [0, 0.05) is 11.1 Å². The van der Waals surface area contributed by atoms with Crippen LogP contribution in [0, 0.1) is 0 Å². The van der Waals surface area contributed by atoms with E-state index in [1.165, 1.54) is 5.56 Å². The average Bonchev–Trinajstić information content (AvgIpc) is 2.39. The van der Waals surface area contributed by atoms with Crippen LogP contribution >= 0.6 is 0 Å². The molecule has 1 atom stereocenters. The molecule has 0 saturated heterocycles. The summed E-state index contributed by atoms with van der Waals surface area (Å²) in [5, 5.41) is 0. The molecule has 0 aliphatic carbocycles. The maximum Gasteiger partial charge on any atom is 0.138 e. The van der Waals surface area contributed by atoms with E-state index >= 15 is 0 Å². The van der Waals surface area contributed by atoms with Crippen LogP contribution in [0.4, 0.5) is 0 Å². The Morgan fingerprint density at radius 1 is 1.00 bits per heavy atom. The summed E-state index contributed by atoms with van der Waals surface area (Å²) in [5.41, 5.74) is 2.32. The summed E-state index contributed by atoms with van der Waals surface area (Å²) in [6.45, 7) is 8.51. The lowest BCUT2D eigenvalue weighted by molar-refractivity contribution is 0.226. The minimum absolute atomic E-state index is 0.0310. The van der Waals surface area contributed by atoms with Crippen LogP contribution in [0.1, 0.15) is 45.1 Å². The number of hydrogen-bond acceptors (Lipinski definition) is 2. The van der Waals surface area contributed by atoms with Gasteiger partial charge in [-0.3, -0.25) is 4.98 Å². The molecule has 2 nitrogen and oxygen atoms in total. The molecule has 0 radical (unpaired) electrons. The highest BCUT2D eigenvalue weighted by Crippen LogP contribution is 2.24. The molecular weight excluding hydrogens is 234 g/mol. The Morgan fingerprint density at radius 2 is 1.68 bits per heavy atom. The summed E-state index contributed by atoms with van der Waals surface area (Å²) in [4.78, 5) is 4.47. The number of nitrogens with zero attached hydrogens (tertiary/aromatic N) is 1. The van der Waals surface area contributed by atoms with Crippen LogP contribution in [-0.4, -0.2) is 4.98 Å². The van der Waals surface area contributed by atoms with E-state index in [0.717, 1.165) is 11.4 Å². The highest BCUT2D eigenvalue weighted by Gasteiger charge is 2.15. The molecule has 0 bridgehead atoms. The largest absolute Gasteiger partial charge is 0.484 e. The summed E-state index contributed by atoms with van der Waals surface area (Å²) in [7, 11) is 0. The van der Waals surface area contributed by atoms with Crippen molar-refractivity contribution >= 4 is 0 Å². The predicted octanol–water partition coefficient (Wildman–Crippen LogP) is 4.52. The standard InChI is InChI=1S/C17H21NO/c1-13(14-8-6-5-7-9-14)19-15-10-11-16(18-12-15)17(2,3)4/h5-13H,1-4H3. The van der Waals surface area contributed by atoms with Crippen LogP contribution in [0.2, 0.25) is 0 Å². The number of pyridine rings is 1. The van der Waals surface area contributed by atoms with Gasteiger partial charge in [0.1, 0.15) is 11.9 Å². The van der Waals surface area contributed by atoms with E-state index in [9.17, 15) is 0 Å². The fourth-order valence-corrected chi connectivity index (χ4v) is 1.89. The zero-order chi connectivity index (χ0) is 13.9. The van der Waals surface area contributed by atoms with E-state index in [0.29, 0.717) is 0 Å². The number of aromatic nitrogens is 1. The molecule has 2 aromatic rings. The Bertz CT molecular complexity index is 511. The van der Waals surface area contributed by atoms with Crippen LogP contribution in [0.3, 0.4) is 0 Å². The van der Waals surface area contributed by atoms with Gasteiger partial charge in [-0.25, -0.2) is 0 Å². The molecular formula is C17H21NO. The van der Waals surface area contributed by atoms with Gasteiger partial charge in [-0.1, -0.05) is 51.1 Å². The monoisotopic (exact) mass is 255 g/mol. The van der Waals surface area contributed by atoms with Gasteiger partial charge >= 0.3 is 0 Å². The first kappa shape index (κ1) is 13.6. The Kier molecular flexibility index (Phi) is 3.89.